The molecule has 0 bridgehead atoms. The Morgan fingerprint density at radius 3 is 1.87 bits per heavy atom. The predicted octanol–water partition coefficient (Wildman–Crippen LogP) is 6.25. The maximum Gasteiger partial charge on any atom is 0.189 e. The van der Waals surface area contributed by atoms with Crippen LogP contribution in [0.15, 0.2) is 97.1 Å². The first-order valence-corrected chi connectivity index (χ1v) is 10.1. The predicted molar refractivity (Wildman–Crippen MR) is 123 cm³/mol. The molecular weight excluding hydrogens is 378 g/mol. The molecule has 0 aliphatic carbocycles. The van der Waals surface area contributed by atoms with Gasteiger partial charge < -0.3 is 0 Å². The molecule has 0 N–H and O–H groups in total. The Morgan fingerprint density at radius 2 is 1.29 bits per heavy atom. The van der Waals surface area contributed by atoms with Crippen LogP contribution in [0.3, 0.4) is 0 Å². The molecule has 0 fully saturated rings. The second-order valence-corrected chi connectivity index (χ2v) is 7.65. The van der Waals surface area contributed by atoms with Crippen LogP contribution in [0, 0.1) is 29.6 Å². The van der Waals surface area contributed by atoms with Gasteiger partial charge in [-0.3, -0.25) is 0 Å². The number of aromatic nitrogens is 1. The van der Waals surface area contributed by atoms with Gasteiger partial charge in [-0.25, -0.2) is 4.98 Å². The molecule has 1 heterocycles. The van der Waals surface area contributed by atoms with Crippen molar-refractivity contribution in [3.05, 3.63) is 114 Å². The Balaban J connectivity index is 1.89. The van der Waals surface area contributed by atoms with E-state index >= 15 is 0 Å². The number of nitriles is 2. The zero-order valence-electron chi connectivity index (χ0n) is 17.3. The summed E-state index contributed by atoms with van der Waals surface area (Å²) in [5.41, 5.74) is 4.80. The van der Waals surface area contributed by atoms with Gasteiger partial charge in [0.2, 0.25) is 0 Å². The van der Waals surface area contributed by atoms with E-state index in [0.29, 0.717) is 5.69 Å². The van der Waals surface area contributed by atoms with Gasteiger partial charge in [-0.05, 0) is 35.7 Å². The highest BCUT2D eigenvalue weighted by atomic mass is 14.7. The normalized spacial score (nSPS) is 10.8. The van der Waals surface area contributed by atoms with Crippen molar-refractivity contribution in [2.75, 3.05) is 0 Å². The second-order valence-electron chi connectivity index (χ2n) is 7.65. The van der Waals surface area contributed by atoms with Gasteiger partial charge in [-0.2, -0.15) is 10.5 Å². The van der Waals surface area contributed by atoms with Gasteiger partial charge in [-0.15, -0.1) is 0 Å². The van der Waals surface area contributed by atoms with E-state index in [-0.39, 0.29) is 6.42 Å². The van der Waals surface area contributed by atoms with E-state index in [4.69, 9.17) is 4.98 Å². The van der Waals surface area contributed by atoms with Gasteiger partial charge in [0, 0.05) is 12.0 Å². The second kappa shape index (κ2) is 8.66. The summed E-state index contributed by atoms with van der Waals surface area (Å²) < 4.78 is 0. The Hall–Kier alpha value is -4.21. The van der Waals surface area contributed by atoms with E-state index in [9.17, 15) is 10.5 Å². The minimum absolute atomic E-state index is 0.278. The summed E-state index contributed by atoms with van der Waals surface area (Å²) in [6.45, 7) is 2.02. The van der Waals surface area contributed by atoms with Crippen molar-refractivity contribution in [1.82, 2.24) is 4.98 Å². The molecule has 0 saturated carbocycles. The first-order chi connectivity index (χ1) is 15.1. The summed E-state index contributed by atoms with van der Waals surface area (Å²) in [6.07, 6.45) is 0.278. The summed E-state index contributed by atoms with van der Waals surface area (Å²) in [6, 6.07) is 36.2. The van der Waals surface area contributed by atoms with E-state index in [0.717, 1.165) is 33.5 Å². The van der Waals surface area contributed by atoms with Gasteiger partial charge in [0.1, 0.15) is 0 Å². The first-order valence-electron chi connectivity index (χ1n) is 10.1. The molecule has 0 aliphatic heterocycles. The fourth-order valence-electron chi connectivity index (χ4n) is 3.62. The summed E-state index contributed by atoms with van der Waals surface area (Å²) in [4.78, 5) is 4.81. The molecule has 0 saturated heterocycles. The third kappa shape index (κ3) is 4.22. The highest BCUT2D eigenvalue weighted by molar-refractivity contribution is 5.72. The standard InChI is InChI=1S/C28H21N3/c1-21-12-14-22(15-13-21)18-28(19-29,20-30)27-17-25(23-8-4-2-5-9-23)16-26(31-27)24-10-6-3-7-11-24/h2-17H,18H2,1H3. The van der Waals surface area contributed by atoms with Crippen LogP contribution in [0.4, 0.5) is 0 Å². The van der Waals surface area contributed by atoms with E-state index in [1.165, 1.54) is 0 Å². The number of benzene rings is 3. The van der Waals surface area contributed by atoms with Crippen LogP contribution >= 0.6 is 0 Å². The molecule has 0 spiro atoms. The highest BCUT2D eigenvalue weighted by Crippen LogP contribution is 2.33. The summed E-state index contributed by atoms with van der Waals surface area (Å²) in [5, 5.41) is 20.3. The zero-order chi connectivity index (χ0) is 21.7. The lowest BCUT2D eigenvalue weighted by Gasteiger charge is -2.20. The van der Waals surface area contributed by atoms with Crippen LogP contribution in [0.1, 0.15) is 16.8 Å². The minimum atomic E-state index is -1.39. The molecule has 0 aliphatic rings. The molecule has 3 heteroatoms. The van der Waals surface area contributed by atoms with Crippen molar-refractivity contribution in [3.8, 4) is 34.5 Å². The smallest absolute Gasteiger partial charge is 0.189 e. The number of hydrogen-bond acceptors (Lipinski definition) is 3. The number of pyridine rings is 1. The molecule has 0 amide bonds. The number of aryl methyl sites for hydroxylation is 1. The Morgan fingerprint density at radius 1 is 0.710 bits per heavy atom. The molecular formula is C28H21N3. The van der Waals surface area contributed by atoms with E-state index in [2.05, 4.69) is 12.1 Å². The lowest BCUT2D eigenvalue weighted by Crippen LogP contribution is -2.27. The monoisotopic (exact) mass is 399 g/mol. The van der Waals surface area contributed by atoms with Crippen molar-refractivity contribution in [2.24, 2.45) is 0 Å². The maximum atomic E-state index is 10.2. The molecule has 0 atom stereocenters. The molecule has 0 unspecified atom stereocenters. The van der Waals surface area contributed by atoms with E-state index < -0.39 is 5.41 Å². The van der Waals surface area contributed by atoms with Crippen LogP contribution in [0.5, 0.6) is 0 Å². The van der Waals surface area contributed by atoms with Crippen LogP contribution in [-0.2, 0) is 11.8 Å². The van der Waals surface area contributed by atoms with Gasteiger partial charge in [0.25, 0.3) is 0 Å². The summed E-state index contributed by atoms with van der Waals surface area (Å²) >= 11 is 0. The van der Waals surface area contributed by atoms with Crippen LogP contribution in [0.25, 0.3) is 22.4 Å². The summed E-state index contributed by atoms with van der Waals surface area (Å²) in [7, 11) is 0. The van der Waals surface area contributed by atoms with Crippen molar-refractivity contribution < 1.29 is 0 Å². The molecule has 4 aromatic rings. The lowest BCUT2D eigenvalue weighted by atomic mass is 9.80. The third-order valence-electron chi connectivity index (χ3n) is 5.41. The van der Waals surface area contributed by atoms with Gasteiger partial charge in [-0.1, -0.05) is 90.5 Å². The molecule has 3 aromatic carbocycles. The maximum absolute atomic E-state index is 10.2. The Kier molecular flexibility index (Phi) is 5.61. The van der Waals surface area contributed by atoms with E-state index in [1.54, 1.807) is 0 Å². The van der Waals surface area contributed by atoms with Crippen molar-refractivity contribution in [1.29, 1.82) is 10.5 Å². The summed E-state index contributed by atoms with van der Waals surface area (Å²) in [5.74, 6) is 0. The fraction of sp³-hybridized carbons (Fsp3) is 0.107. The number of rotatable bonds is 5. The van der Waals surface area contributed by atoms with Crippen LogP contribution in [0.2, 0.25) is 0 Å². The topological polar surface area (TPSA) is 60.5 Å². The lowest BCUT2D eigenvalue weighted by molar-refractivity contribution is 0.671. The third-order valence-corrected chi connectivity index (χ3v) is 5.41. The zero-order valence-corrected chi connectivity index (χ0v) is 17.3. The van der Waals surface area contributed by atoms with E-state index in [1.807, 2.05) is 104 Å². The quantitative estimate of drug-likeness (QED) is 0.398. The Bertz CT molecular complexity index is 1190. The fourth-order valence-corrected chi connectivity index (χ4v) is 3.62. The average Bonchev–Trinajstić information content (AvgIpc) is 2.85. The molecule has 4 rings (SSSR count). The number of hydrogen-bond donors (Lipinski definition) is 0. The SMILES string of the molecule is Cc1ccc(CC(C#N)(C#N)c2cc(-c3ccccc3)cc(-c3ccccc3)n2)cc1. The van der Waals surface area contributed by atoms with Crippen molar-refractivity contribution in [3.63, 3.8) is 0 Å². The van der Waals surface area contributed by atoms with Crippen LogP contribution in [-0.4, -0.2) is 4.98 Å². The van der Waals surface area contributed by atoms with Gasteiger partial charge in [0.05, 0.1) is 23.5 Å². The molecule has 1 aromatic heterocycles. The largest absolute Gasteiger partial charge is 0.250 e. The molecule has 148 valence electrons. The average molecular weight is 399 g/mol. The van der Waals surface area contributed by atoms with Gasteiger partial charge >= 0.3 is 0 Å². The number of nitrogens with zero attached hydrogens (tertiary/aromatic N) is 3. The Labute approximate surface area is 182 Å². The van der Waals surface area contributed by atoms with Crippen molar-refractivity contribution >= 4 is 0 Å². The highest BCUT2D eigenvalue weighted by Gasteiger charge is 2.35. The molecule has 31 heavy (non-hydrogen) atoms. The van der Waals surface area contributed by atoms with Gasteiger partial charge in [0.15, 0.2) is 5.41 Å². The van der Waals surface area contributed by atoms with Crippen LogP contribution < -0.4 is 0 Å². The minimum Gasteiger partial charge on any atom is -0.250 e. The molecule has 0 radical (unpaired) electrons. The van der Waals surface area contributed by atoms with Crippen molar-refractivity contribution in [2.45, 2.75) is 18.8 Å². The molecule has 3 nitrogen and oxygen atoms in total. The first kappa shape index (κ1) is 20.1.